The predicted octanol–water partition coefficient (Wildman–Crippen LogP) is 4.07. The zero-order valence-electron chi connectivity index (χ0n) is 18.4. The van der Waals surface area contributed by atoms with E-state index in [4.69, 9.17) is 4.98 Å². The normalized spacial score (nSPS) is 17.2. The Bertz CT molecular complexity index is 1300. The zero-order valence-corrected chi connectivity index (χ0v) is 19.3. The van der Waals surface area contributed by atoms with Crippen LogP contribution in [0.25, 0.3) is 10.9 Å². The Morgan fingerprint density at radius 1 is 1.06 bits per heavy atom. The van der Waals surface area contributed by atoms with Crippen LogP contribution in [0, 0.1) is 13.8 Å². The lowest BCUT2D eigenvalue weighted by atomic mass is 10.0. The molecule has 1 N–H and O–H groups in total. The smallest absolute Gasteiger partial charge is 0.368 e. The Morgan fingerprint density at radius 2 is 1.76 bits per heavy atom. The topological polar surface area (TPSA) is 88.1 Å². The van der Waals surface area contributed by atoms with Gasteiger partial charge in [-0.05, 0) is 44.5 Å². The largest absolute Gasteiger partial charge is 0.416 e. The monoisotopic (exact) mass is 479 g/mol. The second-order valence-corrected chi connectivity index (χ2v) is 10.6. The van der Waals surface area contributed by atoms with E-state index in [9.17, 15) is 21.6 Å². The molecule has 2 aromatic heterocycles. The van der Waals surface area contributed by atoms with Crippen molar-refractivity contribution in [3.05, 3.63) is 52.8 Å². The first-order chi connectivity index (χ1) is 15.4. The van der Waals surface area contributed by atoms with Gasteiger partial charge in [0.2, 0.25) is 0 Å². The molecule has 1 aromatic carbocycles. The van der Waals surface area contributed by atoms with Crippen molar-refractivity contribution < 1.29 is 21.6 Å². The van der Waals surface area contributed by atoms with Gasteiger partial charge in [0.05, 0.1) is 45.7 Å². The minimum Gasteiger partial charge on any atom is -0.368 e. The number of fused-ring (bicyclic) bond motifs is 1. The SMILES string of the molecule is Cc1nc2c(C)nnc(N[C@H](C)c3cccc(C(F)(F)F)c3)c2cc1N1CCS(=O)(=O)CC1. The molecule has 0 amide bonds. The lowest BCUT2D eigenvalue weighted by molar-refractivity contribution is -0.137. The number of anilines is 2. The molecule has 1 aliphatic rings. The van der Waals surface area contributed by atoms with Crippen LogP contribution in [0.5, 0.6) is 0 Å². The Kier molecular flexibility index (Phi) is 5.94. The number of nitrogens with one attached hydrogen (secondary N) is 1. The summed E-state index contributed by atoms with van der Waals surface area (Å²) in [6.45, 7) is 6.14. The highest BCUT2D eigenvalue weighted by atomic mass is 32.2. The van der Waals surface area contributed by atoms with Gasteiger partial charge in [0.1, 0.15) is 0 Å². The first kappa shape index (κ1) is 23.2. The van der Waals surface area contributed by atoms with Gasteiger partial charge in [-0.1, -0.05) is 12.1 Å². The average molecular weight is 480 g/mol. The van der Waals surface area contributed by atoms with E-state index in [1.807, 2.05) is 17.9 Å². The molecule has 0 aliphatic carbocycles. The number of benzene rings is 1. The van der Waals surface area contributed by atoms with Crippen LogP contribution in [-0.2, 0) is 16.0 Å². The molecule has 176 valence electrons. The number of hydrogen-bond acceptors (Lipinski definition) is 7. The van der Waals surface area contributed by atoms with Crippen LogP contribution in [0.15, 0.2) is 30.3 Å². The molecule has 1 fully saturated rings. The fourth-order valence-corrected chi connectivity index (χ4v) is 5.13. The second-order valence-electron chi connectivity index (χ2n) is 8.25. The van der Waals surface area contributed by atoms with Gasteiger partial charge in [-0.2, -0.15) is 18.3 Å². The van der Waals surface area contributed by atoms with Crippen molar-refractivity contribution in [1.82, 2.24) is 15.2 Å². The molecular weight excluding hydrogens is 455 g/mol. The molecule has 3 aromatic rings. The van der Waals surface area contributed by atoms with E-state index in [0.29, 0.717) is 41.1 Å². The number of pyridine rings is 1. The number of sulfone groups is 1. The number of alkyl halides is 3. The third kappa shape index (κ3) is 4.87. The van der Waals surface area contributed by atoms with Gasteiger partial charge in [-0.25, -0.2) is 13.4 Å². The lowest BCUT2D eigenvalue weighted by Gasteiger charge is -2.30. The molecule has 11 heteroatoms. The van der Waals surface area contributed by atoms with Crippen molar-refractivity contribution in [3.8, 4) is 0 Å². The fraction of sp³-hybridized carbons (Fsp3) is 0.409. The molecule has 3 heterocycles. The lowest BCUT2D eigenvalue weighted by Crippen LogP contribution is -2.40. The Morgan fingerprint density at radius 3 is 2.42 bits per heavy atom. The standard InChI is InChI=1S/C22H24F3N5O2S/c1-13(16-5-4-6-17(11-16)22(23,24)25)27-21-18-12-19(30-7-9-33(31,32)10-8-30)14(2)26-20(18)15(3)28-29-21/h4-6,11-13H,7-10H2,1-3H3,(H,27,29)/t13-/m1/s1. The summed E-state index contributed by atoms with van der Waals surface area (Å²) in [6, 6.07) is 6.58. The summed E-state index contributed by atoms with van der Waals surface area (Å²) < 4.78 is 63.0. The number of halogens is 3. The van der Waals surface area contributed by atoms with E-state index in [-0.39, 0.29) is 11.5 Å². The van der Waals surface area contributed by atoms with Crippen LogP contribution in [-0.4, -0.2) is 48.2 Å². The third-order valence-electron chi connectivity index (χ3n) is 5.84. The minimum atomic E-state index is -4.43. The molecule has 0 radical (unpaired) electrons. The summed E-state index contributed by atoms with van der Waals surface area (Å²) in [6.07, 6.45) is -4.43. The molecule has 33 heavy (non-hydrogen) atoms. The highest BCUT2D eigenvalue weighted by molar-refractivity contribution is 7.91. The summed E-state index contributed by atoms with van der Waals surface area (Å²) in [5.74, 6) is 0.560. The Labute approximate surface area is 190 Å². The average Bonchev–Trinajstić information content (AvgIpc) is 2.75. The van der Waals surface area contributed by atoms with Gasteiger partial charge < -0.3 is 10.2 Å². The van der Waals surface area contributed by atoms with E-state index in [2.05, 4.69) is 15.5 Å². The van der Waals surface area contributed by atoms with Crippen molar-refractivity contribution in [2.24, 2.45) is 0 Å². The fourth-order valence-electron chi connectivity index (χ4n) is 3.93. The van der Waals surface area contributed by atoms with Crippen LogP contribution >= 0.6 is 0 Å². The van der Waals surface area contributed by atoms with Gasteiger partial charge in [0, 0.05) is 18.5 Å². The first-order valence-corrected chi connectivity index (χ1v) is 12.3. The van der Waals surface area contributed by atoms with Crippen LogP contribution in [0.1, 0.15) is 35.5 Å². The molecule has 0 bridgehead atoms. The van der Waals surface area contributed by atoms with Crippen molar-refractivity contribution >= 4 is 32.2 Å². The van der Waals surface area contributed by atoms with Gasteiger partial charge >= 0.3 is 6.18 Å². The van der Waals surface area contributed by atoms with E-state index >= 15 is 0 Å². The van der Waals surface area contributed by atoms with Crippen LogP contribution < -0.4 is 10.2 Å². The summed E-state index contributed by atoms with van der Waals surface area (Å²) in [7, 11) is -3.03. The highest BCUT2D eigenvalue weighted by Gasteiger charge is 2.31. The molecule has 4 rings (SSSR count). The van der Waals surface area contributed by atoms with Gasteiger partial charge in [-0.15, -0.1) is 5.10 Å². The van der Waals surface area contributed by atoms with E-state index in [1.54, 1.807) is 19.9 Å². The Balaban J connectivity index is 1.70. The summed E-state index contributed by atoms with van der Waals surface area (Å²) in [4.78, 5) is 6.68. The van der Waals surface area contributed by atoms with E-state index in [1.165, 1.54) is 6.07 Å². The number of hydrogen-bond donors (Lipinski definition) is 1. The van der Waals surface area contributed by atoms with Gasteiger partial charge in [-0.3, -0.25) is 0 Å². The molecular formula is C22H24F3N5O2S. The molecule has 1 saturated heterocycles. The van der Waals surface area contributed by atoms with Crippen molar-refractivity contribution in [1.29, 1.82) is 0 Å². The molecule has 0 saturated carbocycles. The maximum atomic E-state index is 13.1. The Hall–Kier alpha value is -2.95. The van der Waals surface area contributed by atoms with Crippen LogP contribution in [0.2, 0.25) is 0 Å². The van der Waals surface area contributed by atoms with Crippen molar-refractivity contribution in [3.63, 3.8) is 0 Å². The summed E-state index contributed by atoms with van der Waals surface area (Å²) in [5.41, 5.74) is 2.55. The van der Waals surface area contributed by atoms with Crippen molar-refractivity contribution in [2.45, 2.75) is 33.0 Å². The van der Waals surface area contributed by atoms with Gasteiger partial charge in [0.25, 0.3) is 0 Å². The molecule has 0 spiro atoms. The molecule has 1 aliphatic heterocycles. The zero-order chi connectivity index (χ0) is 24.0. The van der Waals surface area contributed by atoms with E-state index < -0.39 is 27.6 Å². The highest BCUT2D eigenvalue weighted by Crippen LogP contribution is 2.33. The maximum Gasteiger partial charge on any atom is 0.416 e. The van der Waals surface area contributed by atoms with E-state index in [0.717, 1.165) is 23.5 Å². The minimum absolute atomic E-state index is 0.0792. The summed E-state index contributed by atoms with van der Waals surface area (Å²) in [5, 5.41) is 12.3. The molecule has 1 atom stereocenters. The summed E-state index contributed by atoms with van der Waals surface area (Å²) >= 11 is 0. The quantitative estimate of drug-likeness (QED) is 0.604. The van der Waals surface area contributed by atoms with Crippen LogP contribution in [0.3, 0.4) is 0 Å². The van der Waals surface area contributed by atoms with Gasteiger partial charge in [0.15, 0.2) is 15.7 Å². The van der Waals surface area contributed by atoms with Crippen LogP contribution in [0.4, 0.5) is 24.7 Å². The molecule has 7 nitrogen and oxygen atoms in total. The molecule has 0 unspecified atom stereocenters. The predicted molar refractivity (Wildman–Crippen MR) is 121 cm³/mol. The maximum absolute atomic E-state index is 13.1. The third-order valence-corrected chi connectivity index (χ3v) is 7.45. The number of aromatic nitrogens is 3. The van der Waals surface area contributed by atoms with Crippen molar-refractivity contribution in [2.75, 3.05) is 34.8 Å². The second kappa shape index (κ2) is 8.44. The number of aryl methyl sites for hydroxylation is 2. The first-order valence-electron chi connectivity index (χ1n) is 10.5. The number of rotatable bonds is 4. The number of nitrogens with zero attached hydrogens (tertiary/aromatic N) is 4.